The fourth-order valence-electron chi connectivity index (χ4n) is 2.58. The van der Waals surface area contributed by atoms with Crippen LogP contribution in [0.25, 0.3) is 11.3 Å². The number of benzene rings is 1. The molecule has 0 saturated heterocycles. The molecule has 2 aromatic heterocycles. The van der Waals surface area contributed by atoms with Crippen LogP contribution in [-0.4, -0.2) is 26.6 Å². The molecule has 144 valence electrons. The van der Waals surface area contributed by atoms with Crippen LogP contribution in [0.15, 0.2) is 46.6 Å². The van der Waals surface area contributed by atoms with E-state index in [1.165, 1.54) is 37.4 Å². The third-order valence-corrected chi connectivity index (χ3v) is 4.80. The van der Waals surface area contributed by atoms with Crippen LogP contribution in [0.1, 0.15) is 35.9 Å². The minimum absolute atomic E-state index is 0.0776. The van der Waals surface area contributed by atoms with Crippen molar-refractivity contribution < 1.29 is 9.59 Å². The molecule has 2 amide bonds. The van der Waals surface area contributed by atoms with Crippen molar-refractivity contribution in [2.45, 2.75) is 19.9 Å². The number of carbonyl (C=O) groups is 2. The predicted octanol–water partition coefficient (Wildman–Crippen LogP) is 2.35. The number of hydrogen-bond acceptors (Lipinski definition) is 6. The fourth-order valence-corrected chi connectivity index (χ4v) is 3.29. The van der Waals surface area contributed by atoms with Crippen LogP contribution >= 0.6 is 11.3 Å². The number of carbonyl (C=O) groups excluding carboxylic acids is 2. The van der Waals surface area contributed by atoms with Crippen LogP contribution in [-0.2, 0) is 11.8 Å². The maximum Gasteiger partial charge on any atom is 0.277 e. The normalized spacial score (nSPS) is 11.7. The number of nitrogens with zero attached hydrogens (tertiary/aromatic N) is 3. The van der Waals surface area contributed by atoms with Gasteiger partial charge in [0.05, 0.1) is 11.7 Å². The lowest BCUT2D eigenvalue weighted by atomic mass is 10.1. The van der Waals surface area contributed by atoms with Crippen molar-refractivity contribution >= 4 is 28.3 Å². The number of thiazole rings is 1. The van der Waals surface area contributed by atoms with E-state index in [4.69, 9.17) is 0 Å². The Morgan fingerprint density at radius 2 is 1.86 bits per heavy atom. The van der Waals surface area contributed by atoms with Crippen molar-refractivity contribution in [2.24, 2.45) is 7.05 Å². The number of aromatic nitrogens is 3. The van der Waals surface area contributed by atoms with Gasteiger partial charge in [0.15, 0.2) is 5.13 Å². The highest BCUT2D eigenvalue weighted by Gasteiger charge is 2.13. The van der Waals surface area contributed by atoms with Gasteiger partial charge in [-0.3, -0.25) is 19.7 Å². The number of aryl methyl sites for hydroxylation is 1. The van der Waals surface area contributed by atoms with E-state index >= 15 is 0 Å². The number of hydrogen-bond donors (Lipinski definition) is 2. The fraction of sp³-hybridized carbons (Fsp3) is 0.211. The first kappa shape index (κ1) is 19.4. The number of anilines is 1. The molecule has 1 atom stereocenters. The summed E-state index contributed by atoms with van der Waals surface area (Å²) in [7, 11) is 1.48. The summed E-state index contributed by atoms with van der Waals surface area (Å²) in [6.45, 7) is 3.40. The summed E-state index contributed by atoms with van der Waals surface area (Å²) in [5.41, 5.74) is 2.46. The van der Waals surface area contributed by atoms with Crippen LogP contribution in [0.2, 0.25) is 0 Å². The van der Waals surface area contributed by atoms with Crippen molar-refractivity contribution in [3.05, 3.63) is 63.4 Å². The number of amides is 2. The first-order chi connectivity index (χ1) is 13.3. The quantitative estimate of drug-likeness (QED) is 0.687. The molecule has 2 heterocycles. The molecule has 1 aromatic carbocycles. The number of nitrogens with one attached hydrogen (secondary N) is 2. The van der Waals surface area contributed by atoms with Gasteiger partial charge < -0.3 is 5.32 Å². The highest BCUT2D eigenvalue weighted by molar-refractivity contribution is 7.14. The Kier molecular flexibility index (Phi) is 5.65. The third-order valence-electron chi connectivity index (χ3n) is 4.04. The smallest absolute Gasteiger partial charge is 0.277 e. The van der Waals surface area contributed by atoms with Crippen LogP contribution < -0.4 is 16.2 Å². The molecule has 1 unspecified atom stereocenters. The van der Waals surface area contributed by atoms with Crippen LogP contribution in [0, 0.1) is 0 Å². The van der Waals surface area contributed by atoms with Gasteiger partial charge in [0.1, 0.15) is 5.69 Å². The van der Waals surface area contributed by atoms with Crippen molar-refractivity contribution in [3.63, 3.8) is 0 Å². The molecule has 0 aliphatic carbocycles. The minimum atomic E-state index is -0.434. The zero-order valence-corrected chi connectivity index (χ0v) is 16.4. The molecular weight excluding hydrogens is 378 g/mol. The van der Waals surface area contributed by atoms with E-state index in [0.29, 0.717) is 5.13 Å². The molecule has 3 aromatic rings. The molecule has 0 aliphatic rings. The monoisotopic (exact) mass is 397 g/mol. The molecule has 8 nitrogen and oxygen atoms in total. The summed E-state index contributed by atoms with van der Waals surface area (Å²) in [4.78, 5) is 39.2. The van der Waals surface area contributed by atoms with E-state index < -0.39 is 5.91 Å². The Labute approximate surface area is 165 Å². The van der Waals surface area contributed by atoms with E-state index in [1.54, 1.807) is 0 Å². The maximum absolute atomic E-state index is 12.3. The lowest BCUT2D eigenvalue weighted by Gasteiger charge is -2.12. The second kappa shape index (κ2) is 8.13. The second-order valence-corrected chi connectivity index (χ2v) is 7.07. The molecule has 0 spiro atoms. The van der Waals surface area contributed by atoms with Gasteiger partial charge in [-0.15, -0.1) is 11.3 Å². The Hall–Kier alpha value is -3.33. The molecule has 0 radical (unpaired) electrons. The van der Waals surface area contributed by atoms with Crippen molar-refractivity contribution in [2.75, 3.05) is 5.32 Å². The lowest BCUT2D eigenvalue weighted by molar-refractivity contribution is -0.119. The topological polar surface area (TPSA) is 106 Å². The van der Waals surface area contributed by atoms with Crippen LogP contribution in [0.5, 0.6) is 0 Å². The van der Waals surface area contributed by atoms with Gasteiger partial charge in [0, 0.05) is 31.0 Å². The maximum atomic E-state index is 12.3. The van der Waals surface area contributed by atoms with Crippen molar-refractivity contribution in [1.29, 1.82) is 0 Å². The summed E-state index contributed by atoms with van der Waals surface area (Å²) in [6, 6.07) is 10.3. The van der Waals surface area contributed by atoms with Gasteiger partial charge in [0.2, 0.25) is 5.91 Å². The summed E-state index contributed by atoms with van der Waals surface area (Å²) in [5.74, 6) is -0.514. The van der Waals surface area contributed by atoms with Gasteiger partial charge in [-0.25, -0.2) is 9.67 Å². The number of rotatable bonds is 5. The van der Waals surface area contributed by atoms with E-state index in [0.717, 1.165) is 21.5 Å². The van der Waals surface area contributed by atoms with Gasteiger partial charge in [-0.1, -0.05) is 24.3 Å². The third kappa shape index (κ3) is 4.49. The Morgan fingerprint density at radius 1 is 1.14 bits per heavy atom. The van der Waals surface area contributed by atoms with Gasteiger partial charge in [-0.05, 0) is 18.6 Å². The largest absolute Gasteiger partial charge is 0.350 e. The van der Waals surface area contributed by atoms with E-state index in [9.17, 15) is 14.4 Å². The molecule has 2 N–H and O–H groups in total. The van der Waals surface area contributed by atoms with E-state index in [1.807, 2.05) is 36.6 Å². The SMILES string of the molecule is CC(=O)NC(C)c1ccc(-c2csc(NC(=O)c3ccc(=O)n(C)n3)n2)cc1. The first-order valence-electron chi connectivity index (χ1n) is 8.52. The highest BCUT2D eigenvalue weighted by Crippen LogP contribution is 2.26. The molecule has 3 rings (SSSR count). The molecular formula is C19H19N5O3S. The molecule has 0 fully saturated rings. The van der Waals surface area contributed by atoms with E-state index in [-0.39, 0.29) is 23.2 Å². The molecule has 0 bridgehead atoms. The van der Waals surface area contributed by atoms with Crippen LogP contribution in [0.3, 0.4) is 0 Å². The van der Waals surface area contributed by atoms with Gasteiger partial charge >= 0.3 is 0 Å². The zero-order valence-electron chi connectivity index (χ0n) is 15.6. The van der Waals surface area contributed by atoms with Gasteiger partial charge in [0.25, 0.3) is 11.5 Å². The first-order valence-corrected chi connectivity index (χ1v) is 9.40. The van der Waals surface area contributed by atoms with E-state index in [2.05, 4.69) is 20.7 Å². The van der Waals surface area contributed by atoms with Crippen molar-refractivity contribution in [1.82, 2.24) is 20.1 Å². The standard InChI is InChI=1S/C19H19N5O3S/c1-11(20-12(2)25)13-4-6-14(7-5-13)16-10-28-19(21-16)22-18(27)15-8-9-17(26)24(3)23-15/h4-11H,1-3H3,(H,20,25)(H,21,22,27). The summed E-state index contributed by atoms with van der Waals surface area (Å²) >= 11 is 1.30. The lowest BCUT2D eigenvalue weighted by Crippen LogP contribution is -2.23. The molecule has 0 saturated carbocycles. The van der Waals surface area contributed by atoms with Crippen LogP contribution in [0.4, 0.5) is 5.13 Å². The zero-order chi connectivity index (χ0) is 20.3. The minimum Gasteiger partial charge on any atom is -0.350 e. The second-order valence-electron chi connectivity index (χ2n) is 6.22. The Bertz CT molecular complexity index is 1070. The predicted molar refractivity (Wildman–Crippen MR) is 107 cm³/mol. The van der Waals surface area contributed by atoms with Gasteiger partial charge in [-0.2, -0.15) is 5.10 Å². The molecule has 9 heteroatoms. The summed E-state index contributed by atoms with van der Waals surface area (Å²) in [5, 5.41) is 11.7. The average Bonchev–Trinajstić information content (AvgIpc) is 3.12. The average molecular weight is 397 g/mol. The van der Waals surface area contributed by atoms with Crippen molar-refractivity contribution in [3.8, 4) is 11.3 Å². The molecule has 28 heavy (non-hydrogen) atoms. The Balaban J connectivity index is 1.71. The summed E-state index contributed by atoms with van der Waals surface area (Å²) < 4.78 is 1.10. The Morgan fingerprint density at radius 3 is 2.50 bits per heavy atom. The highest BCUT2D eigenvalue weighted by atomic mass is 32.1. The molecule has 0 aliphatic heterocycles. The summed E-state index contributed by atoms with van der Waals surface area (Å²) in [6.07, 6.45) is 0.